The minimum absolute atomic E-state index is 0.398. The van der Waals surface area contributed by atoms with E-state index in [0.29, 0.717) is 12.4 Å². The lowest BCUT2D eigenvalue weighted by Gasteiger charge is -2.07. The Morgan fingerprint density at radius 2 is 2.00 bits per heavy atom. The van der Waals surface area contributed by atoms with Gasteiger partial charge in [0.1, 0.15) is 6.04 Å². The number of para-hydroxylation sites is 1. The van der Waals surface area contributed by atoms with Crippen LogP contribution in [0.25, 0.3) is 0 Å². The highest BCUT2D eigenvalue weighted by Crippen LogP contribution is 2.23. The van der Waals surface area contributed by atoms with Gasteiger partial charge in [0.05, 0.1) is 6.61 Å². The summed E-state index contributed by atoms with van der Waals surface area (Å²) in [7, 11) is -2.15. The smallest absolute Gasteiger partial charge is 0.464 e. The third-order valence-electron chi connectivity index (χ3n) is 2.58. The second-order valence-electron chi connectivity index (χ2n) is 4.39. The maximum Gasteiger partial charge on any atom is 0.664 e. The van der Waals surface area contributed by atoms with Gasteiger partial charge in [-0.3, -0.25) is 4.79 Å². The molecule has 6 heteroatoms. The number of carbonyl (C=O) groups excluding carboxylic acids is 1. The molecule has 0 heterocycles. The van der Waals surface area contributed by atoms with Crippen LogP contribution in [0.5, 0.6) is 5.75 Å². The van der Waals surface area contributed by atoms with Crippen molar-refractivity contribution < 1.29 is 18.6 Å². The third kappa shape index (κ3) is 6.64. The summed E-state index contributed by atoms with van der Waals surface area (Å²) < 4.78 is 22.0. The second kappa shape index (κ2) is 9.45. The largest absolute Gasteiger partial charge is 0.664 e. The normalized spacial score (nSPS) is 12.6. The average Bonchev–Trinajstić information content (AvgIpc) is 2.44. The number of unbranched alkanes of at least 4 members (excludes halogenated alkanes) is 2. The standard InChI is InChI=1S/C14H21NO4P/c1-3-4-8-11-18-14(16)12(2)15-20(17)19-13-9-6-5-7-10-13/h5-7,9-10,12H,3-4,8,11H2,1-2H3,(H,15,17)/q+1/t12-/m0/s1. The molecule has 1 rings (SSSR count). The van der Waals surface area contributed by atoms with E-state index in [0.717, 1.165) is 19.3 Å². The lowest BCUT2D eigenvalue weighted by atomic mass is 10.3. The number of hydrogen-bond acceptors (Lipinski definition) is 4. The molecule has 5 nitrogen and oxygen atoms in total. The van der Waals surface area contributed by atoms with Crippen molar-refractivity contribution in [1.82, 2.24) is 5.09 Å². The Labute approximate surface area is 120 Å². The van der Waals surface area contributed by atoms with Gasteiger partial charge < -0.3 is 4.74 Å². The van der Waals surface area contributed by atoms with Gasteiger partial charge in [-0.05, 0) is 25.5 Å². The average molecular weight is 298 g/mol. The van der Waals surface area contributed by atoms with Gasteiger partial charge >= 0.3 is 14.1 Å². The van der Waals surface area contributed by atoms with Crippen molar-refractivity contribution in [3.63, 3.8) is 0 Å². The molecule has 0 amide bonds. The van der Waals surface area contributed by atoms with Crippen LogP contribution in [-0.2, 0) is 14.1 Å². The number of hydrogen-bond donors (Lipinski definition) is 1. The summed E-state index contributed by atoms with van der Waals surface area (Å²) in [5, 5.41) is 2.58. The predicted molar refractivity (Wildman–Crippen MR) is 77.8 cm³/mol. The van der Waals surface area contributed by atoms with E-state index in [1.54, 1.807) is 31.2 Å². The van der Waals surface area contributed by atoms with E-state index in [1.165, 1.54) is 0 Å². The van der Waals surface area contributed by atoms with Gasteiger partial charge in [-0.2, -0.15) is 0 Å². The molecule has 1 aromatic rings. The maximum atomic E-state index is 11.7. The molecule has 0 spiro atoms. The van der Waals surface area contributed by atoms with E-state index in [1.807, 2.05) is 6.07 Å². The molecule has 1 unspecified atom stereocenters. The Bertz CT molecular complexity index is 424. The molecule has 0 radical (unpaired) electrons. The fourth-order valence-corrected chi connectivity index (χ4v) is 2.25. The van der Waals surface area contributed by atoms with Crippen LogP contribution < -0.4 is 9.61 Å². The van der Waals surface area contributed by atoms with E-state index >= 15 is 0 Å². The SMILES string of the molecule is CCCCCOC(=O)[C@H](C)N[P+](=O)Oc1ccccc1. The van der Waals surface area contributed by atoms with Crippen molar-refractivity contribution in [2.75, 3.05) is 6.61 Å². The molecule has 2 atom stereocenters. The fourth-order valence-electron chi connectivity index (χ4n) is 1.46. The van der Waals surface area contributed by atoms with Gasteiger partial charge in [-0.15, -0.1) is 0 Å². The van der Waals surface area contributed by atoms with Crippen LogP contribution in [0.2, 0.25) is 0 Å². The zero-order valence-corrected chi connectivity index (χ0v) is 12.8. The minimum atomic E-state index is -2.15. The molecule has 0 aliphatic carbocycles. The van der Waals surface area contributed by atoms with Gasteiger partial charge in [-0.25, -0.2) is 4.52 Å². The van der Waals surface area contributed by atoms with E-state index < -0.39 is 20.2 Å². The maximum absolute atomic E-state index is 11.7. The van der Waals surface area contributed by atoms with Crippen molar-refractivity contribution in [3.05, 3.63) is 30.3 Å². The van der Waals surface area contributed by atoms with Gasteiger partial charge in [0.2, 0.25) is 0 Å². The summed E-state index contributed by atoms with van der Waals surface area (Å²) in [6, 6.07) is 8.13. The fraction of sp³-hybridized carbons (Fsp3) is 0.500. The number of esters is 1. The molecule has 0 aliphatic heterocycles. The van der Waals surface area contributed by atoms with Gasteiger partial charge in [-0.1, -0.05) is 43.1 Å². The molecule has 0 aliphatic rings. The number of ether oxygens (including phenoxy) is 1. The quantitative estimate of drug-likeness (QED) is 0.430. The van der Waals surface area contributed by atoms with Crippen molar-refractivity contribution in [1.29, 1.82) is 0 Å². The monoisotopic (exact) mass is 298 g/mol. The van der Waals surface area contributed by atoms with Crippen molar-refractivity contribution in [2.45, 2.75) is 39.2 Å². The zero-order valence-electron chi connectivity index (χ0n) is 11.9. The first-order valence-corrected chi connectivity index (χ1v) is 7.94. The summed E-state index contributed by atoms with van der Waals surface area (Å²) in [5.41, 5.74) is 0. The molecule has 1 N–H and O–H groups in total. The highest BCUT2D eigenvalue weighted by Gasteiger charge is 2.28. The van der Waals surface area contributed by atoms with Crippen LogP contribution in [0.3, 0.4) is 0 Å². The molecule has 1 aromatic carbocycles. The highest BCUT2D eigenvalue weighted by molar-refractivity contribution is 7.37. The first-order chi connectivity index (χ1) is 9.63. The van der Waals surface area contributed by atoms with Gasteiger partial charge in [0, 0.05) is 4.57 Å². The lowest BCUT2D eigenvalue weighted by molar-refractivity contribution is -0.145. The molecule has 0 fully saturated rings. The van der Waals surface area contributed by atoms with Crippen LogP contribution in [0.4, 0.5) is 0 Å². The zero-order chi connectivity index (χ0) is 14.8. The van der Waals surface area contributed by atoms with Crippen LogP contribution in [0, 0.1) is 0 Å². The predicted octanol–water partition coefficient (Wildman–Crippen LogP) is 3.43. The summed E-state index contributed by atoms with van der Waals surface area (Å²) in [5.74, 6) is 0.0748. The molecular weight excluding hydrogens is 277 g/mol. The van der Waals surface area contributed by atoms with E-state index in [9.17, 15) is 9.36 Å². The Morgan fingerprint density at radius 3 is 2.65 bits per heavy atom. The van der Waals surface area contributed by atoms with Gasteiger partial charge in [0.25, 0.3) is 0 Å². The van der Waals surface area contributed by atoms with Crippen molar-refractivity contribution in [2.24, 2.45) is 0 Å². The van der Waals surface area contributed by atoms with Gasteiger partial charge in [0.15, 0.2) is 5.75 Å². The molecule has 20 heavy (non-hydrogen) atoms. The van der Waals surface area contributed by atoms with E-state index in [-0.39, 0.29) is 0 Å². The Morgan fingerprint density at radius 1 is 1.30 bits per heavy atom. The molecular formula is C14H21NO4P+. The molecule has 0 bridgehead atoms. The highest BCUT2D eigenvalue weighted by atomic mass is 31.1. The molecule has 0 saturated heterocycles. The minimum Gasteiger partial charge on any atom is -0.464 e. The first kappa shape index (κ1) is 16.6. The van der Waals surface area contributed by atoms with E-state index in [4.69, 9.17) is 9.26 Å². The summed E-state index contributed by atoms with van der Waals surface area (Å²) in [6.07, 6.45) is 2.95. The third-order valence-corrected chi connectivity index (χ3v) is 3.55. The molecule has 0 aromatic heterocycles. The van der Waals surface area contributed by atoms with Crippen molar-refractivity contribution in [3.8, 4) is 5.75 Å². The van der Waals surface area contributed by atoms with Crippen LogP contribution in [0.15, 0.2) is 30.3 Å². The summed E-state index contributed by atoms with van der Waals surface area (Å²) in [4.78, 5) is 11.6. The summed E-state index contributed by atoms with van der Waals surface area (Å²) >= 11 is 0. The number of rotatable bonds is 9. The second-order valence-corrected chi connectivity index (χ2v) is 5.34. The summed E-state index contributed by atoms with van der Waals surface area (Å²) in [6.45, 7) is 4.08. The van der Waals surface area contributed by atoms with Crippen LogP contribution in [-0.4, -0.2) is 18.6 Å². The number of nitrogens with one attached hydrogen (secondary N) is 1. The van der Waals surface area contributed by atoms with Crippen molar-refractivity contribution >= 4 is 14.1 Å². The first-order valence-electron chi connectivity index (χ1n) is 6.76. The van der Waals surface area contributed by atoms with Crippen LogP contribution in [0.1, 0.15) is 33.1 Å². The topological polar surface area (TPSA) is 64.6 Å². The molecule has 110 valence electrons. The Balaban J connectivity index is 2.28. The Kier molecular flexibility index (Phi) is 7.85. The lowest BCUT2D eigenvalue weighted by Crippen LogP contribution is -2.31. The number of carbonyl (C=O) groups is 1. The van der Waals surface area contributed by atoms with E-state index in [2.05, 4.69) is 12.0 Å². The number of benzene rings is 1. The Hall–Kier alpha value is -1.45. The molecule has 0 saturated carbocycles. The van der Waals surface area contributed by atoms with Crippen LogP contribution >= 0.6 is 8.18 Å².